The summed E-state index contributed by atoms with van der Waals surface area (Å²) in [6.45, 7) is 8.54. The summed E-state index contributed by atoms with van der Waals surface area (Å²) in [5.74, 6) is -1.40. The first kappa shape index (κ1) is 18.7. The van der Waals surface area contributed by atoms with Crippen molar-refractivity contribution in [3.05, 3.63) is 29.3 Å². The largest absolute Gasteiger partial charge is 0.480 e. The third-order valence-electron chi connectivity index (χ3n) is 3.32. The van der Waals surface area contributed by atoms with Crippen molar-refractivity contribution < 1.29 is 19.5 Å². The van der Waals surface area contributed by atoms with Gasteiger partial charge in [0.15, 0.2) is 0 Å². The Morgan fingerprint density at radius 3 is 2.30 bits per heavy atom. The van der Waals surface area contributed by atoms with Crippen LogP contribution in [0.4, 0.5) is 5.69 Å². The predicted octanol–water partition coefficient (Wildman–Crippen LogP) is 2.57. The molecule has 126 valence electrons. The van der Waals surface area contributed by atoms with Gasteiger partial charge in [-0.05, 0) is 50.5 Å². The number of rotatable bonds is 6. The number of hydrogen-bond donors (Lipinski definition) is 3. The molecular formula is C17H24N2O4. The van der Waals surface area contributed by atoms with E-state index in [9.17, 15) is 14.4 Å². The summed E-state index contributed by atoms with van der Waals surface area (Å²) in [4.78, 5) is 35.0. The summed E-state index contributed by atoms with van der Waals surface area (Å²) in [6, 6.07) is 4.83. The van der Waals surface area contributed by atoms with Gasteiger partial charge in [-0.15, -0.1) is 0 Å². The van der Waals surface area contributed by atoms with Gasteiger partial charge in [0.25, 0.3) is 5.91 Å². The number of carboxylic acid groups (broad SMARTS) is 1. The minimum atomic E-state index is -1.35. The lowest BCUT2D eigenvalue weighted by molar-refractivity contribution is -0.143. The molecule has 0 fully saturated rings. The molecule has 0 aromatic heterocycles. The van der Waals surface area contributed by atoms with Crippen LogP contribution in [0, 0.1) is 12.8 Å². The molecule has 2 amide bonds. The highest BCUT2D eigenvalue weighted by Crippen LogP contribution is 2.18. The van der Waals surface area contributed by atoms with Crippen molar-refractivity contribution in [2.24, 2.45) is 5.92 Å². The second-order valence-corrected chi connectivity index (χ2v) is 6.56. The number of anilines is 1. The molecule has 6 nitrogen and oxygen atoms in total. The number of amides is 2. The number of nitrogens with one attached hydrogen (secondary N) is 2. The molecule has 6 heteroatoms. The average Bonchev–Trinajstić information content (AvgIpc) is 2.39. The van der Waals surface area contributed by atoms with Gasteiger partial charge in [-0.1, -0.05) is 13.8 Å². The summed E-state index contributed by atoms with van der Waals surface area (Å²) in [5, 5.41) is 14.3. The number of carbonyl (C=O) groups excluding carboxylic acids is 2. The van der Waals surface area contributed by atoms with Gasteiger partial charge in [-0.25, -0.2) is 4.79 Å². The van der Waals surface area contributed by atoms with E-state index in [1.54, 1.807) is 25.1 Å². The molecule has 0 saturated heterocycles. The maximum atomic E-state index is 12.1. The zero-order valence-electron chi connectivity index (χ0n) is 14.2. The topological polar surface area (TPSA) is 95.5 Å². The smallest absolute Gasteiger partial charge is 0.328 e. The molecular weight excluding hydrogens is 296 g/mol. The van der Waals surface area contributed by atoms with Crippen molar-refractivity contribution in [3.8, 4) is 0 Å². The molecule has 0 bridgehead atoms. The van der Waals surface area contributed by atoms with Crippen molar-refractivity contribution >= 4 is 23.5 Å². The van der Waals surface area contributed by atoms with E-state index in [2.05, 4.69) is 10.6 Å². The summed E-state index contributed by atoms with van der Waals surface area (Å²) < 4.78 is 0. The fourth-order valence-corrected chi connectivity index (χ4v) is 1.93. The van der Waals surface area contributed by atoms with E-state index in [0.29, 0.717) is 17.7 Å². The Morgan fingerprint density at radius 2 is 1.83 bits per heavy atom. The fourth-order valence-electron chi connectivity index (χ4n) is 1.93. The zero-order valence-corrected chi connectivity index (χ0v) is 14.2. The molecule has 1 rings (SSSR count). The monoisotopic (exact) mass is 320 g/mol. The average molecular weight is 320 g/mol. The first-order valence-corrected chi connectivity index (χ1v) is 7.49. The van der Waals surface area contributed by atoms with Gasteiger partial charge in [-0.3, -0.25) is 9.59 Å². The Balaban J connectivity index is 2.85. The molecule has 1 aromatic carbocycles. The maximum Gasteiger partial charge on any atom is 0.328 e. The molecule has 0 aliphatic rings. The van der Waals surface area contributed by atoms with Gasteiger partial charge in [0.1, 0.15) is 5.54 Å². The van der Waals surface area contributed by atoms with Gasteiger partial charge < -0.3 is 15.7 Å². The van der Waals surface area contributed by atoms with Crippen LogP contribution in [-0.4, -0.2) is 28.4 Å². The van der Waals surface area contributed by atoms with E-state index >= 15 is 0 Å². The first-order chi connectivity index (χ1) is 10.5. The Hall–Kier alpha value is -2.37. The van der Waals surface area contributed by atoms with Crippen LogP contribution in [0.15, 0.2) is 18.2 Å². The van der Waals surface area contributed by atoms with Crippen molar-refractivity contribution in [3.63, 3.8) is 0 Å². The Kier molecular flexibility index (Phi) is 5.90. The molecule has 0 unspecified atom stereocenters. The molecule has 0 aliphatic heterocycles. The van der Waals surface area contributed by atoms with Crippen LogP contribution in [0.25, 0.3) is 0 Å². The molecule has 1 aromatic rings. The molecule has 0 saturated carbocycles. The molecule has 0 heterocycles. The second kappa shape index (κ2) is 7.26. The van der Waals surface area contributed by atoms with Crippen LogP contribution >= 0.6 is 0 Å². The van der Waals surface area contributed by atoms with Crippen LogP contribution in [-0.2, 0) is 9.59 Å². The third-order valence-corrected chi connectivity index (χ3v) is 3.32. The van der Waals surface area contributed by atoms with Gasteiger partial charge >= 0.3 is 5.97 Å². The molecule has 0 aliphatic carbocycles. The Labute approximate surface area is 136 Å². The molecule has 0 radical (unpaired) electrons. The highest BCUT2D eigenvalue weighted by atomic mass is 16.4. The fraction of sp³-hybridized carbons (Fsp3) is 0.471. The number of carboxylic acids is 1. The van der Waals surface area contributed by atoms with Gasteiger partial charge in [0.05, 0.1) is 0 Å². The Morgan fingerprint density at radius 1 is 1.22 bits per heavy atom. The number of aryl methyl sites for hydroxylation is 1. The predicted molar refractivity (Wildman–Crippen MR) is 88.4 cm³/mol. The van der Waals surface area contributed by atoms with E-state index in [4.69, 9.17) is 5.11 Å². The summed E-state index contributed by atoms with van der Waals surface area (Å²) in [7, 11) is 0. The van der Waals surface area contributed by atoms with Crippen molar-refractivity contribution in [1.82, 2.24) is 5.32 Å². The molecule has 3 N–H and O–H groups in total. The van der Waals surface area contributed by atoms with E-state index < -0.39 is 17.4 Å². The first-order valence-electron chi connectivity index (χ1n) is 7.49. The number of carbonyl (C=O) groups is 3. The number of hydrogen-bond acceptors (Lipinski definition) is 3. The van der Waals surface area contributed by atoms with E-state index in [1.165, 1.54) is 13.8 Å². The number of aliphatic carboxylic acids is 1. The minimum absolute atomic E-state index is 0.0766. The lowest BCUT2D eigenvalue weighted by atomic mass is 10.0. The van der Waals surface area contributed by atoms with E-state index in [0.717, 1.165) is 5.56 Å². The summed E-state index contributed by atoms with van der Waals surface area (Å²) >= 11 is 0. The van der Waals surface area contributed by atoms with Gasteiger partial charge in [0.2, 0.25) is 5.91 Å². The SMILES string of the molecule is Cc1cc(C(=O)NC(C)(C)C(=O)O)ccc1NC(=O)CC(C)C. The maximum absolute atomic E-state index is 12.1. The van der Waals surface area contributed by atoms with Crippen LogP contribution in [0.2, 0.25) is 0 Å². The standard InChI is InChI=1S/C17H24N2O4/c1-10(2)8-14(20)18-13-7-6-12(9-11(13)3)15(21)19-17(4,5)16(22)23/h6-7,9-10H,8H2,1-5H3,(H,18,20)(H,19,21)(H,22,23). The van der Waals surface area contributed by atoms with Crippen LogP contribution in [0.5, 0.6) is 0 Å². The van der Waals surface area contributed by atoms with Crippen molar-refractivity contribution in [2.45, 2.75) is 46.6 Å². The molecule has 23 heavy (non-hydrogen) atoms. The second-order valence-electron chi connectivity index (χ2n) is 6.56. The van der Waals surface area contributed by atoms with Crippen molar-refractivity contribution in [2.75, 3.05) is 5.32 Å². The molecule has 0 atom stereocenters. The summed E-state index contributed by atoms with van der Waals surface area (Å²) in [6.07, 6.45) is 0.425. The summed E-state index contributed by atoms with van der Waals surface area (Å²) in [5.41, 5.74) is 0.376. The van der Waals surface area contributed by atoms with Crippen LogP contribution in [0.1, 0.15) is 50.0 Å². The lowest BCUT2D eigenvalue weighted by Gasteiger charge is -2.21. The minimum Gasteiger partial charge on any atom is -0.480 e. The van der Waals surface area contributed by atoms with E-state index in [1.807, 2.05) is 13.8 Å². The van der Waals surface area contributed by atoms with Crippen LogP contribution < -0.4 is 10.6 Å². The highest BCUT2D eigenvalue weighted by molar-refractivity contribution is 5.99. The third kappa shape index (κ3) is 5.39. The van der Waals surface area contributed by atoms with Crippen LogP contribution in [0.3, 0.4) is 0 Å². The Bertz CT molecular complexity index is 621. The van der Waals surface area contributed by atoms with Gasteiger partial charge in [-0.2, -0.15) is 0 Å². The van der Waals surface area contributed by atoms with Crippen molar-refractivity contribution in [1.29, 1.82) is 0 Å². The molecule has 0 spiro atoms. The highest BCUT2D eigenvalue weighted by Gasteiger charge is 2.29. The lowest BCUT2D eigenvalue weighted by Crippen LogP contribution is -2.49. The normalized spacial score (nSPS) is 11.2. The quantitative estimate of drug-likeness (QED) is 0.750. The van der Waals surface area contributed by atoms with Gasteiger partial charge in [0, 0.05) is 17.7 Å². The number of benzene rings is 1. The zero-order chi connectivity index (χ0) is 17.8. The van der Waals surface area contributed by atoms with E-state index in [-0.39, 0.29) is 11.8 Å².